The van der Waals surface area contributed by atoms with Crippen molar-refractivity contribution in [2.24, 2.45) is 10.4 Å². The van der Waals surface area contributed by atoms with E-state index in [2.05, 4.69) is 41.3 Å². The van der Waals surface area contributed by atoms with Gasteiger partial charge in [0.15, 0.2) is 5.96 Å². The van der Waals surface area contributed by atoms with Crippen LogP contribution in [0.15, 0.2) is 4.99 Å². The molecule has 1 heterocycles. The van der Waals surface area contributed by atoms with Gasteiger partial charge in [-0.15, -0.1) is 0 Å². The van der Waals surface area contributed by atoms with Crippen LogP contribution in [0, 0.1) is 5.41 Å². The maximum Gasteiger partial charge on any atom is 0.191 e. The molecule has 134 valence electrons. The Bertz CT molecular complexity index is 359. The van der Waals surface area contributed by atoms with Gasteiger partial charge in [-0.2, -0.15) is 0 Å². The molecule has 2 aliphatic rings. The number of hydrogen-bond acceptors (Lipinski definition) is 3. The number of likely N-dealkylation sites (N-methyl/N-ethyl adjacent to an activating group) is 1. The van der Waals surface area contributed by atoms with E-state index < -0.39 is 0 Å². The smallest absolute Gasteiger partial charge is 0.191 e. The summed E-state index contributed by atoms with van der Waals surface area (Å²) in [6.07, 6.45) is 6.64. The van der Waals surface area contributed by atoms with Crippen LogP contribution >= 0.6 is 0 Å². The molecule has 1 saturated heterocycles. The Labute approximate surface area is 142 Å². The lowest BCUT2D eigenvalue weighted by molar-refractivity contribution is 0.139. The molecule has 5 nitrogen and oxygen atoms in total. The number of nitrogens with zero attached hydrogens (tertiary/aromatic N) is 3. The first-order valence-corrected chi connectivity index (χ1v) is 9.60. The molecular formula is C18H37N5. The quantitative estimate of drug-likeness (QED) is 0.553. The Morgan fingerprint density at radius 1 is 1.04 bits per heavy atom. The molecule has 0 unspecified atom stereocenters. The van der Waals surface area contributed by atoms with Crippen molar-refractivity contribution in [2.75, 3.05) is 59.4 Å². The summed E-state index contributed by atoms with van der Waals surface area (Å²) in [6, 6.07) is 0. The Morgan fingerprint density at radius 2 is 1.87 bits per heavy atom. The molecule has 0 aromatic heterocycles. The van der Waals surface area contributed by atoms with Crippen molar-refractivity contribution in [3.63, 3.8) is 0 Å². The number of nitrogens with one attached hydrogen (secondary N) is 2. The molecule has 0 aromatic carbocycles. The molecule has 1 aliphatic heterocycles. The van der Waals surface area contributed by atoms with Crippen molar-refractivity contribution in [1.82, 2.24) is 20.4 Å². The standard InChI is InChI=1S/C18H37N5/c1-4-18(8-6-9-18)16-21-17(19-5-2)20-10-13-23-12-7-11-22(3)14-15-23/h4-16H2,1-3H3,(H2,19,20,21). The van der Waals surface area contributed by atoms with Crippen LogP contribution < -0.4 is 10.6 Å². The highest BCUT2D eigenvalue weighted by atomic mass is 15.2. The molecule has 2 N–H and O–H groups in total. The largest absolute Gasteiger partial charge is 0.357 e. The minimum Gasteiger partial charge on any atom is -0.357 e. The van der Waals surface area contributed by atoms with E-state index in [9.17, 15) is 0 Å². The van der Waals surface area contributed by atoms with Gasteiger partial charge in [-0.05, 0) is 58.2 Å². The van der Waals surface area contributed by atoms with Crippen LogP contribution in [-0.4, -0.2) is 75.2 Å². The molecular weight excluding hydrogens is 286 g/mol. The predicted molar refractivity (Wildman–Crippen MR) is 99.1 cm³/mol. The summed E-state index contributed by atoms with van der Waals surface area (Å²) in [6.45, 7) is 13.3. The molecule has 5 heteroatoms. The highest BCUT2D eigenvalue weighted by Gasteiger charge is 2.34. The SMILES string of the molecule is CCNC(=NCC1(CC)CCC1)NCCN1CCCN(C)CC1. The normalized spacial score (nSPS) is 23.2. The molecule has 1 saturated carbocycles. The first kappa shape index (κ1) is 18.5. The summed E-state index contributed by atoms with van der Waals surface area (Å²) in [5.41, 5.74) is 0.498. The average molecular weight is 324 g/mol. The van der Waals surface area contributed by atoms with Gasteiger partial charge in [0.2, 0.25) is 0 Å². The van der Waals surface area contributed by atoms with Crippen LogP contribution in [0.5, 0.6) is 0 Å². The fourth-order valence-corrected chi connectivity index (χ4v) is 3.54. The van der Waals surface area contributed by atoms with Gasteiger partial charge in [0.1, 0.15) is 0 Å². The van der Waals surface area contributed by atoms with Crippen LogP contribution in [0.2, 0.25) is 0 Å². The summed E-state index contributed by atoms with van der Waals surface area (Å²) < 4.78 is 0. The molecule has 0 bridgehead atoms. The third-order valence-electron chi connectivity index (χ3n) is 5.61. The monoisotopic (exact) mass is 323 g/mol. The fourth-order valence-electron chi connectivity index (χ4n) is 3.54. The third-order valence-corrected chi connectivity index (χ3v) is 5.61. The van der Waals surface area contributed by atoms with Crippen LogP contribution in [-0.2, 0) is 0 Å². The number of hydrogen-bond donors (Lipinski definition) is 2. The van der Waals surface area contributed by atoms with E-state index in [0.717, 1.165) is 32.1 Å². The summed E-state index contributed by atoms with van der Waals surface area (Å²) in [5.74, 6) is 0.999. The van der Waals surface area contributed by atoms with Crippen LogP contribution in [0.4, 0.5) is 0 Å². The van der Waals surface area contributed by atoms with Crippen molar-refractivity contribution in [3.8, 4) is 0 Å². The summed E-state index contributed by atoms with van der Waals surface area (Å²) >= 11 is 0. The Hall–Kier alpha value is -0.810. The third kappa shape index (κ3) is 5.96. The Morgan fingerprint density at radius 3 is 2.52 bits per heavy atom. The fraction of sp³-hybridized carbons (Fsp3) is 0.944. The maximum absolute atomic E-state index is 4.86. The molecule has 0 aromatic rings. The highest BCUT2D eigenvalue weighted by molar-refractivity contribution is 5.79. The van der Waals surface area contributed by atoms with E-state index in [1.165, 1.54) is 58.3 Å². The highest BCUT2D eigenvalue weighted by Crippen LogP contribution is 2.43. The van der Waals surface area contributed by atoms with Crippen molar-refractivity contribution in [2.45, 2.75) is 46.0 Å². The molecule has 0 spiro atoms. The average Bonchev–Trinajstić information content (AvgIpc) is 2.71. The van der Waals surface area contributed by atoms with E-state index in [-0.39, 0.29) is 0 Å². The van der Waals surface area contributed by atoms with Gasteiger partial charge < -0.3 is 20.4 Å². The molecule has 0 amide bonds. The number of rotatable bonds is 7. The Balaban J connectivity index is 1.73. The van der Waals surface area contributed by atoms with Crippen LogP contribution in [0.25, 0.3) is 0 Å². The maximum atomic E-state index is 4.86. The first-order valence-electron chi connectivity index (χ1n) is 9.60. The molecule has 23 heavy (non-hydrogen) atoms. The lowest BCUT2D eigenvalue weighted by Gasteiger charge is -2.40. The van der Waals surface area contributed by atoms with Gasteiger partial charge in [0.25, 0.3) is 0 Å². The zero-order chi connectivity index (χ0) is 16.5. The van der Waals surface area contributed by atoms with Gasteiger partial charge in [0, 0.05) is 39.3 Å². The van der Waals surface area contributed by atoms with Gasteiger partial charge in [-0.3, -0.25) is 4.99 Å². The molecule has 1 aliphatic carbocycles. The van der Waals surface area contributed by atoms with Crippen molar-refractivity contribution in [1.29, 1.82) is 0 Å². The molecule has 0 radical (unpaired) electrons. The van der Waals surface area contributed by atoms with E-state index in [4.69, 9.17) is 4.99 Å². The van der Waals surface area contributed by atoms with E-state index in [0.29, 0.717) is 5.41 Å². The first-order chi connectivity index (χ1) is 11.2. The molecule has 2 rings (SSSR count). The number of aliphatic imine (C=N–C) groups is 1. The minimum atomic E-state index is 0.498. The van der Waals surface area contributed by atoms with Crippen molar-refractivity contribution < 1.29 is 0 Å². The molecule has 2 fully saturated rings. The van der Waals surface area contributed by atoms with E-state index >= 15 is 0 Å². The van der Waals surface area contributed by atoms with Crippen LogP contribution in [0.3, 0.4) is 0 Å². The lowest BCUT2D eigenvalue weighted by atomic mass is 9.67. The molecule has 0 atom stereocenters. The van der Waals surface area contributed by atoms with E-state index in [1.807, 2.05) is 0 Å². The van der Waals surface area contributed by atoms with Crippen molar-refractivity contribution >= 4 is 5.96 Å². The summed E-state index contributed by atoms with van der Waals surface area (Å²) in [4.78, 5) is 9.86. The lowest BCUT2D eigenvalue weighted by Crippen LogP contribution is -2.43. The van der Waals surface area contributed by atoms with Gasteiger partial charge >= 0.3 is 0 Å². The minimum absolute atomic E-state index is 0.498. The second kappa shape index (κ2) is 9.48. The van der Waals surface area contributed by atoms with Crippen molar-refractivity contribution in [3.05, 3.63) is 0 Å². The zero-order valence-electron chi connectivity index (χ0n) is 15.5. The zero-order valence-corrected chi connectivity index (χ0v) is 15.5. The van der Waals surface area contributed by atoms with Gasteiger partial charge in [-0.25, -0.2) is 0 Å². The van der Waals surface area contributed by atoms with Gasteiger partial charge in [-0.1, -0.05) is 13.3 Å². The predicted octanol–water partition coefficient (Wildman–Crippen LogP) is 1.76. The summed E-state index contributed by atoms with van der Waals surface area (Å²) in [5, 5.41) is 6.92. The second-order valence-corrected chi connectivity index (χ2v) is 7.33. The topological polar surface area (TPSA) is 42.9 Å². The van der Waals surface area contributed by atoms with Crippen LogP contribution in [0.1, 0.15) is 46.0 Å². The van der Waals surface area contributed by atoms with E-state index in [1.54, 1.807) is 0 Å². The van der Waals surface area contributed by atoms with Gasteiger partial charge in [0.05, 0.1) is 0 Å². The Kier molecular flexibility index (Phi) is 7.63. The second-order valence-electron chi connectivity index (χ2n) is 7.33. The summed E-state index contributed by atoms with van der Waals surface area (Å²) in [7, 11) is 2.22. The number of guanidine groups is 1.